The van der Waals surface area contributed by atoms with Gasteiger partial charge in [-0.15, -0.1) is 11.3 Å². The minimum atomic E-state index is 0.614. The molecule has 0 amide bonds. The van der Waals surface area contributed by atoms with E-state index in [-0.39, 0.29) is 0 Å². The zero-order chi connectivity index (χ0) is 17.1. The number of thiazole rings is 1. The average Bonchev–Trinajstić information content (AvgIpc) is 3.14. The molecule has 1 aromatic carbocycles. The van der Waals surface area contributed by atoms with Crippen molar-refractivity contribution in [2.75, 3.05) is 26.2 Å². The van der Waals surface area contributed by atoms with Crippen LogP contribution in [0.5, 0.6) is 0 Å². The molecule has 0 bridgehead atoms. The van der Waals surface area contributed by atoms with Gasteiger partial charge in [0.1, 0.15) is 5.01 Å². The van der Waals surface area contributed by atoms with Gasteiger partial charge in [0.05, 0.1) is 6.54 Å². The van der Waals surface area contributed by atoms with Crippen molar-refractivity contribution in [2.45, 2.75) is 45.7 Å². The smallest absolute Gasteiger partial charge is 0.107 e. The number of piperidine rings is 2. The molecule has 1 aromatic heterocycles. The van der Waals surface area contributed by atoms with Crippen LogP contribution < -0.4 is 0 Å². The van der Waals surface area contributed by atoms with Crippen molar-refractivity contribution in [1.82, 2.24) is 14.8 Å². The lowest BCUT2D eigenvalue weighted by atomic mass is 9.71. The molecule has 0 N–H and O–H groups in total. The number of aromatic nitrogens is 1. The minimum absolute atomic E-state index is 0.614. The maximum absolute atomic E-state index is 4.44. The highest BCUT2D eigenvalue weighted by atomic mass is 32.1. The molecular formula is C21H29N3S. The fourth-order valence-corrected chi connectivity index (χ4v) is 5.00. The largest absolute Gasteiger partial charge is 0.299 e. The first-order chi connectivity index (χ1) is 12.2. The first-order valence-electron chi connectivity index (χ1n) is 9.60. The Morgan fingerprint density at radius 3 is 2.08 bits per heavy atom. The van der Waals surface area contributed by atoms with E-state index < -0.39 is 0 Å². The van der Waals surface area contributed by atoms with Gasteiger partial charge in [0.2, 0.25) is 0 Å². The van der Waals surface area contributed by atoms with E-state index in [0.29, 0.717) is 5.41 Å². The Labute approximate surface area is 155 Å². The van der Waals surface area contributed by atoms with Gasteiger partial charge in [0.25, 0.3) is 0 Å². The summed E-state index contributed by atoms with van der Waals surface area (Å²) in [6.45, 7) is 9.35. The van der Waals surface area contributed by atoms with Gasteiger partial charge in [-0.05, 0) is 69.8 Å². The predicted octanol–water partition coefficient (Wildman–Crippen LogP) is 4.33. The zero-order valence-electron chi connectivity index (χ0n) is 15.3. The van der Waals surface area contributed by atoms with Gasteiger partial charge < -0.3 is 0 Å². The van der Waals surface area contributed by atoms with Crippen molar-refractivity contribution in [1.29, 1.82) is 0 Å². The fourth-order valence-electron chi connectivity index (χ4n) is 4.35. The third-order valence-electron chi connectivity index (χ3n) is 6.20. The molecule has 25 heavy (non-hydrogen) atoms. The van der Waals surface area contributed by atoms with E-state index in [1.165, 1.54) is 68.0 Å². The molecule has 2 fully saturated rings. The Bertz CT molecular complexity index is 647. The van der Waals surface area contributed by atoms with Crippen LogP contribution in [0.25, 0.3) is 0 Å². The quantitative estimate of drug-likeness (QED) is 0.814. The number of benzene rings is 1. The molecule has 0 unspecified atom stereocenters. The average molecular weight is 356 g/mol. The lowest BCUT2D eigenvalue weighted by Crippen LogP contribution is -2.46. The summed E-state index contributed by atoms with van der Waals surface area (Å²) in [6, 6.07) is 9.05. The van der Waals surface area contributed by atoms with E-state index in [2.05, 4.69) is 51.4 Å². The van der Waals surface area contributed by atoms with E-state index in [9.17, 15) is 0 Å². The number of hydrogen-bond acceptors (Lipinski definition) is 4. The van der Waals surface area contributed by atoms with E-state index in [1.807, 2.05) is 6.20 Å². The first kappa shape index (κ1) is 17.2. The maximum atomic E-state index is 4.44. The van der Waals surface area contributed by atoms with Crippen LogP contribution in [0.1, 0.15) is 41.8 Å². The predicted molar refractivity (Wildman–Crippen MR) is 105 cm³/mol. The van der Waals surface area contributed by atoms with E-state index in [1.54, 1.807) is 11.3 Å². The number of rotatable bonds is 4. The Hall–Kier alpha value is -1.23. The molecule has 2 saturated heterocycles. The van der Waals surface area contributed by atoms with Crippen LogP contribution in [0.4, 0.5) is 0 Å². The highest BCUT2D eigenvalue weighted by Gasteiger charge is 2.37. The molecular weight excluding hydrogens is 326 g/mol. The summed E-state index contributed by atoms with van der Waals surface area (Å²) in [5.74, 6) is 0. The van der Waals surface area contributed by atoms with E-state index in [4.69, 9.17) is 0 Å². The van der Waals surface area contributed by atoms with Crippen molar-refractivity contribution < 1.29 is 0 Å². The molecule has 4 rings (SSSR count). The summed E-state index contributed by atoms with van der Waals surface area (Å²) in [5, 5.41) is 3.36. The van der Waals surface area contributed by atoms with Crippen molar-refractivity contribution in [2.24, 2.45) is 5.41 Å². The summed E-state index contributed by atoms with van der Waals surface area (Å²) >= 11 is 1.79. The molecule has 2 aromatic rings. The second kappa shape index (κ2) is 7.56. The Kier molecular flexibility index (Phi) is 5.20. The Morgan fingerprint density at radius 1 is 0.920 bits per heavy atom. The van der Waals surface area contributed by atoms with E-state index in [0.717, 1.165) is 13.1 Å². The Balaban J connectivity index is 1.25. The molecule has 2 aliphatic heterocycles. The third kappa shape index (κ3) is 4.30. The molecule has 0 aliphatic carbocycles. The summed E-state index contributed by atoms with van der Waals surface area (Å²) < 4.78 is 0. The lowest BCUT2D eigenvalue weighted by Gasteiger charge is -2.47. The van der Waals surface area contributed by atoms with Crippen LogP contribution in [0.3, 0.4) is 0 Å². The van der Waals surface area contributed by atoms with Crippen LogP contribution >= 0.6 is 11.3 Å². The topological polar surface area (TPSA) is 19.4 Å². The number of nitrogens with zero attached hydrogens (tertiary/aromatic N) is 3. The maximum Gasteiger partial charge on any atom is 0.107 e. The van der Waals surface area contributed by atoms with Gasteiger partial charge in [-0.25, -0.2) is 4.98 Å². The van der Waals surface area contributed by atoms with Crippen LogP contribution in [0.15, 0.2) is 35.8 Å². The molecule has 0 saturated carbocycles. The van der Waals surface area contributed by atoms with Gasteiger partial charge in [-0.3, -0.25) is 9.80 Å². The normalized spacial score (nSPS) is 21.6. The lowest BCUT2D eigenvalue weighted by molar-refractivity contribution is 0.0299. The summed E-state index contributed by atoms with van der Waals surface area (Å²) in [7, 11) is 0. The van der Waals surface area contributed by atoms with Crippen LogP contribution in [-0.4, -0.2) is 41.0 Å². The molecule has 1 spiro atoms. The monoisotopic (exact) mass is 355 g/mol. The van der Waals surface area contributed by atoms with Crippen molar-refractivity contribution >= 4 is 11.3 Å². The minimum Gasteiger partial charge on any atom is -0.299 e. The molecule has 3 nitrogen and oxygen atoms in total. The molecule has 3 heterocycles. The van der Waals surface area contributed by atoms with Gasteiger partial charge in [0, 0.05) is 18.1 Å². The fraction of sp³-hybridized carbons (Fsp3) is 0.571. The van der Waals surface area contributed by atoms with Crippen molar-refractivity contribution in [3.05, 3.63) is 52.0 Å². The van der Waals surface area contributed by atoms with Gasteiger partial charge in [-0.1, -0.05) is 29.8 Å². The molecule has 0 atom stereocenters. The van der Waals surface area contributed by atoms with Gasteiger partial charge in [-0.2, -0.15) is 0 Å². The zero-order valence-corrected chi connectivity index (χ0v) is 16.1. The van der Waals surface area contributed by atoms with Crippen LogP contribution in [-0.2, 0) is 13.1 Å². The Morgan fingerprint density at radius 2 is 1.52 bits per heavy atom. The van der Waals surface area contributed by atoms with Crippen molar-refractivity contribution in [3.63, 3.8) is 0 Å². The molecule has 134 valence electrons. The van der Waals surface area contributed by atoms with E-state index >= 15 is 0 Å². The standard InChI is InChI=1S/C21H29N3S/c1-18-2-4-19(5-3-18)16-23-11-6-21(7-12-23)8-13-24(14-9-21)17-20-22-10-15-25-20/h2-5,10,15H,6-9,11-14,16-17H2,1H3. The van der Waals surface area contributed by atoms with Crippen molar-refractivity contribution in [3.8, 4) is 0 Å². The third-order valence-corrected chi connectivity index (χ3v) is 6.97. The summed E-state index contributed by atoms with van der Waals surface area (Å²) in [5.41, 5.74) is 3.43. The van der Waals surface area contributed by atoms with Crippen LogP contribution in [0.2, 0.25) is 0 Å². The number of hydrogen-bond donors (Lipinski definition) is 0. The second-order valence-corrected chi connectivity index (χ2v) is 8.94. The first-order valence-corrected chi connectivity index (χ1v) is 10.5. The highest BCUT2D eigenvalue weighted by molar-refractivity contribution is 7.09. The molecule has 0 radical (unpaired) electrons. The number of aryl methyl sites for hydroxylation is 1. The molecule has 2 aliphatic rings. The SMILES string of the molecule is Cc1ccc(CN2CCC3(CC2)CCN(Cc2nccs2)CC3)cc1. The highest BCUT2D eigenvalue weighted by Crippen LogP contribution is 2.41. The van der Waals surface area contributed by atoms with Gasteiger partial charge >= 0.3 is 0 Å². The van der Waals surface area contributed by atoms with Crippen LogP contribution in [0, 0.1) is 12.3 Å². The second-order valence-electron chi connectivity index (χ2n) is 7.96. The summed E-state index contributed by atoms with van der Waals surface area (Å²) in [6.07, 6.45) is 7.43. The number of likely N-dealkylation sites (tertiary alicyclic amines) is 2. The summed E-state index contributed by atoms with van der Waals surface area (Å²) in [4.78, 5) is 9.69. The molecule has 4 heteroatoms. The van der Waals surface area contributed by atoms with Gasteiger partial charge in [0.15, 0.2) is 0 Å².